The van der Waals surface area contributed by atoms with Crippen LogP contribution in [0.25, 0.3) is 0 Å². The molecule has 0 N–H and O–H groups in total. The lowest BCUT2D eigenvalue weighted by atomic mass is 9.90. The number of hydrogen-bond acceptors (Lipinski definition) is 4. The van der Waals surface area contributed by atoms with Crippen molar-refractivity contribution in [1.82, 2.24) is 9.96 Å². The molecule has 1 atom stereocenters. The minimum absolute atomic E-state index is 0.0766. The zero-order valence-corrected chi connectivity index (χ0v) is 14.2. The maximum atomic E-state index is 14.2. The highest BCUT2D eigenvalue weighted by Gasteiger charge is 2.83. The molecule has 0 aromatic heterocycles. The molecule has 2 amide bonds. The van der Waals surface area contributed by atoms with Gasteiger partial charge >= 0.3 is 6.09 Å². The van der Waals surface area contributed by atoms with Gasteiger partial charge in [-0.2, -0.15) is 0 Å². The van der Waals surface area contributed by atoms with Gasteiger partial charge in [0.1, 0.15) is 11.5 Å². The number of alkyl halides is 2. The van der Waals surface area contributed by atoms with E-state index in [1.165, 1.54) is 19.1 Å². The van der Waals surface area contributed by atoms with E-state index in [1.54, 1.807) is 20.8 Å². The summed E-state index contributed by atoms with van der Waals surface area (Å²) in [6.45, 7) is 5.57. The lowest BCUT2D eigenvalue weighted by Crippen LogP contribution is -2.43. The summed E-state index contributed by atoms with van der Waals surface area (Å²) < 4.78 is 33.7. The molecule has 1 aliphatic heterocycles. The number of hydroxylamine groups is 2. The minimum Gasteiger partial charge on any atom is -0.444 e. The van der Waals surface area contributed by atoms with Crippen LogP contribution in [0.2, 0.25) is 0 Å². The van der Waals surface area contributed by atoms with Gasteiger partial charge in [-0.3, -0.25) is 9.63 Å². The molecule has 2 rings (SSSR count). The van der Waals surface area contributed by atoms with Gasteiger partial charge in [-0.05, 0) is 33.6 Å². The van der Waals surface area contributed by atoms with E-state index in [9.17, 15) is 18.4 Å². The number of rotatable bonds is 2. The minimum atomic E-state index is -3.06. The van der Waals surface area contributed by atoms with E-state index >= 15 is 0 Å². The van der Waals surface area contributed by atoms with Crippen LogP contribution in [0.15, 0.2) is 0 Å². The molecule has 132 valence electrons. The molecule has 1 aliphatic carbocycles. The second-order valence-electron chi connectivity index (χ2n) is 7.20. The third-order valence-corrected chi connectivity index (χ3v) is 4.63. The normalized spacial score (nSPS) is 25.2. The quantitative estimate of drug-likeness (QED) is 0.727. The lowest BCUT2D eigenvalue weighted by Gasteiger charge is -2.34. The highest BCUT2D eigenvalue weighted by Crippen LogP contribution is 2.71. The molecule has 0 radical (unpaired) electrons. The van der Waals surface area contributed by atoms with Gasteiger partial charge in [0.05, 0.1) is 12.5 Å². The van der Waals surface area contributed by atoms with Gasteiger partial charge in [-0.15, -0.1) is 0 Å². The number of hydrogen-bond donors (Lipinski definition) is 0. The molecule has 23 heavy (non-hydrogen) atoms. The van der Waals surface area contributed by atoms with E-state index in [0.29, 0.717) is 0 Å². The van der Waals surface area contributed by atoms with Crippen LogP contribution in [0.4, 0.5) is 13.6 Å². The van der Waals surface area contributed by atoms with Gasteiger partial charge in [0, 0.05) is 20.1 Å². The summed E-state index contributed by atoms with van der Waals surface area (Å²) in [7, 11) is 2.58. The smallest absolute Gasteiger partial charge is 0.410 e. The molecule has 1 heterocycles. The Morgan fingerprint density at radius 3 is 2.17 bits per heavy atom. The molecule has 1 saturated carbocycles. The van der Waals surface area contributed by atoms with Gasteiger partial charge in [0.2, 0.25) is 0 Å². The summed E-state index contributed by atoms with van der Waals surface area (Å²) >= 11 is 0. The molecule has 1 spiro atoms. The predicted octanol–water partition coefficient (Wildman–Crippen LogP) is 2.29. The van der Waals surface area contributed by atoms with Gasteiger partial charge in [0.15, 0.2) is 0 Å². The second kappa shape index (κ2) is 5.58. The maximum absolute atomic E-state index is 14.2. The zero-order chi connectivity index (χ0) is 17.6. The Morgan fingerprint density at radius 2 is 1.74 bits per heavy atom. The van der Waals surface area contributed by atoms with Crippen molar-refractivity contribution in [1.29, 1.82) is 0 Å². The first-order chi connectivity index (χ1) is 10.5. The highest BCUT2D eigenvalue weighted by atomic mass is 19.3. The maximum Gasteiger partial charge on any atom is 0.410 e. The average molecular weight is 334 g/mol. The van der Waals surface area contributed by atoms with Gasteiger partial charge in [-0.25, -0.2) is 18.6 Å². The molecule has 0 aromatic carbocycles. The molecule has 1 unspecified atom stereocenters. The van der Waals surface area contributed by atoms with E-state index in [2.05, 4.69) is 0 Å². The zero-order valence-electron chi connectivity index (χ0n) is 14.2. The number of likely N-dealkylation sites (tertiary alicyclic amines) is 1. The first-order valence-corrected chi connectivity index (χ1v) is 7.64. The van der Waals surface area contributed by atoms with E-state index in [-0.39, 0.29) is 25.9 Å². The predicted molar refractivity (Wildman–Crippen MR) is 77.7 cm³/mol. The molecular weight excluding hydrogens is 310 g/mol. The van der Waals surface area contributed by atoms with Crippen molar-refractivity contribution in [2.45, 2.75) is 45.1 Å². The van der Waals surface area contributed by atoms with Crippen molar-refractivity contribution >= 4 is 12.0 Å². The van der Waals surface area contributed by atoms with Gasteiger partial charge < -0.3 is 9.64 Å². The van der Waals surface area contributed by atoms with Crippen LogP contribution in [0, 0.1) is 11.3 Å². The summed E-state index contributed by atoms with van der Waals surface area (Å²) in [6.07, 6.45) is -0.353. The van der Waals surface area contributed by atoms with Gasteiger partial charge in [0.25, 0.3) is 11.8 Å². The first-order valence-electron chi connectivity index (χ1n) is 7.64. The number of ether oxygens (including phenoxy) is 1. The monoisotopic (exact) mass is 334 g/mol. The van der Waals surface area contributed by atoms with Crippen molar-refractivity contribution < 1.29 is 27.9 Å². The number of halogens is 2. The number of carbonyl (C=O) groups excluding carboxylic acids is 2. The summed E-state index contributed by atoms with van der Waals surface area (Å²) in [5.74, 6) is -5.15. The fourth-order valence-electron chi connectivity index (χ4n) is 3.21. The first kappa shape index (κ1) is 17.9. The largest absolute Gasteiger partial charge is 0.444 e. The van der Waals surface area contributed by atoms with E-state index in [4.69, 9.17) is 9.57 Å². The van der Waals surface area contributed by atoms with E-state index in [0.717, 1.165) is 5.06 Å². The Labute approximate surface area is 134 Å². The van der Waals surface area contributed by atoms with Crippen LogP contribution in [0.1, 0.15) is 33.6 Å². The third kappa shape index (κ3) is 3.00. The second-order valence-corrected chi connectivity index (χ2v) is 7.20. The molecule has 2 aliphatic rings. The van der Waals surface area contributed by atoms with Crippen molar-refractivity contribution in [3.8, 4) is 0 Å². The average Bonchev–Trinajstić information content (AvgIpc) is 2.90. The van der Waals surface area contributed by atoms with E-state index in [1.807, 2.05) is 0 Å². The number of carbonyl (C=O) groups is 2. The van der Waals surface area contributed by atoms with Crippen LogP contribution in [0.5, 0.6) is 0 Å². The molecule has 2 fully saturated rings. The topological polar surface area (TPSA) is 59.1 Å². The summed E-state index contributed by atoms with van der Waals surface area (Å²) in [5.41, 5.74) is -2.00. The molecular formula is C15H24F2N2O4. The molecule has 6 nitrogen and oxygen atoms in total. The van der Waals surface area contributed by atoms with E-state index < -0.39 is 34.9 Å². The van der Waals surface area contributed by atoms with Crippen LogP contribution in [-0.2, 0) is 14.4 Å². The summed E-state index contributed by atoms with van der Waals surface area (Å²) in [5, 5.41) is 0.841. The summed E-state index contributed by atoms with van der Waals surface area (Å²) in [6, 6.07) is 0. The van der Waals surface area contributed by atoms with Crippen LogP contribution in [0.3, 0.4) is 0 Å². The van der Waals surface area contributed by atoms with Crippen molar-refractivity contribution in [2.75, 3.05) is 27.2 Å². The number of piperidine rings is 1. The molecule has 0 aromatic rings. The van der Waals surface area contributed by atoms with Crippen LogP contribution in [-0.4, -0.2) is 60.7 Å². The molecule has 0 bridgehead atoms. The molecule has 1 saturated heterocycles. The van der Waals surface area contributed by atoms with Crippen LogP contribution < -0.4 is 0 Å². The lowest BCUT2D eigenvalue weighted by molar-refractivity contribution is -0.172. The fraction of sp³-hybridized carbons (Fsp3) is 0.867. The Kier molecular flexibility index (Phi) is 4.34. The third-order valence-electron chi connectivity index (χ3n) is 4.63. The Hall–Kier alpha value is -1.44. The standard InChI is InChI=1S/C15H24F2N2O4/c1-13(2,3)23-12(21)19-8-6-14(7-9-19)10(15(14,16)17)11(20)18(4)22-5/h10H,6-9H2,1-5H3. The number of amides is 2. The summed E-state index contributed by atoms with van der Waals surface area (Å²) in [4.78, 5) is 30.2. The Bertz CT molecular complexity index is 496. The van der Waals surface area contributed by atoms with Gasteiger partial charge in [-0.1, -0.05) is 0 Å². The van der Waals surface area contributed by atoms with Crippen LogP contribution >= 0.6 is 0 Å². The van der Waals surface area contributed by atoms with Crippen molar-refractivity contribution in [3.63, 3.8) is 0 Å². The van der Waals surface area contributed by atoms with Crippen molar-refractivity contribution in [2.24, 2.45) is 11.3 Å². The van der Waals surface area contributed by atoms with Crippen molar-refractivity contribution in [3.05, 3.63) is 0 Å². The Balaban J connectivity index is 2.01. The Morgan fingerprint density at radius 1 is 1.22 bits per heavy atom. The SMILES string of the molecule is CON(C)C(=O)C1C(F)(F)C12CCN(C(=O)OC(C)(C)C)CC2. The fourth-order valence-corrected chi connectivity index (χ4v) is 3.21. The highest BCUT2D eigenvalue weighted by molar-refractivity contribution is 5.84. The number of nitrogens with zero attached hydrogens (tertiary/aromatic N) is 2. The molecule has 8 heteroatoms.